The lowest BCUT2D eigenvalue weighted by atomic mass is 10.2. The number of para-hydroxylation sites is 3. The molecule has 6 nitrogen and oxygen atoms in total. The fraction of sp³-hybridized carbons (Fsp3) is 0.316. The van der Waals surface area contributed by atoms with E-state index in [0.29, 0.717) is 11.4 Å². The first-order valence-corrected chi connectivity index (χ1v) is 11.5. The van der Waals surface area contributed by atoms with E-state index < -0.39 is 16.1 Å². The number of rotatable bonds is 5. The molecule has 1 amide bonds. The molecule has 3 rings (SSSR count). The molecule has 0 aromatic heterocycles. The van der Waals surface area contributed by atoms with Crippen molar-refractivity contribution in [3.05, 3.63) is 48.5 Å². The van der Waals surface area contributed by atoms with Crippen LogP contribution in [0.15, 0.2) is 53.4 Å². The number of carbonyl (C=O) groups excluding carboxylic acids is 1. The summed E-state index contributed by atoms with van der Waals surface area (Å²) >= 11 is 1.64. The molecule has 2 aromatic rings. The Morgan fingerprint density at radius 2 is 1.93 bits per heavy atom. The fourth-order valence-electron chi connectivity index (χ4n) is 2.92. The summed E-state index contributed by atoms with van der Waals surface area (Å²) in [6, 6.07) is 14.5. The van der Waals surface area contributed by atoms with Crippen molar-refractivity contribution in [1.82, 2.24) is 0 Å². The number of anilines is 2. The molecule has 1 aliphatic heterocycles. The smallest absolute Gasteiger partial charge is 0.265 e. The Bertz CT molecular complexity index is 931. The summed E-state index contributed by atoms with van der Waals surface area (Å²) in [6.45, 7) is 2.23. The Morgan fingerprint density at radius 3 is 2.67 bits per heavy atom. The van der Waals surface area contributed by atoms with Crippen LogP contribution in [0.3, 0.4) is 0 Å². The van der Waals surface area contributed by atoms with E-state index in [1.165, 1.54) is 4.31 Å². The largest absolute Gasteiger partial charge is 0.478 e. The van der Waals surface area contributed by atoms with E-state index in [1.54, 1.807) is 36.0 Å². The minimum Gasteiger partial charge on any atom is -0.478 e. The lowest BCUT2D eigenvalue weighted by Crippen LogP contribution is -2.36. The van der Waals surface area contributed by atoms with Gasteiger partial charge in [0.25, 0.3) is 5.91 Å². The van der Waals surface area contributed by atoms with Gasteiger partial charge in [-0.3, -0.25) is 9.10 Å². The predicted molar refractivity (Wildman–Crippen MR) is 109 cm³/mol. The van der Waals surface area contributed by atoms with Crippen LogP contribution in [0.5, 0.6) is 5.75 Å². The van der Waals surface area contributed by atoms with Crippen LogP contribution in [-0.2, 0) is 14.8 Å². The first kappa shape index (κ1) is 19.6. The van der Waals surface area contributed by atoms with E-state index in [2.05, 4.69) is 5.32 Å². The van der Waals surface area contributed by atoms with Gasteiger partial charge in [-0.25, -0.2) is 8.42 Å². The maximum atomic E-state index is 12.8. The molecule has 1 N–H and O–H groups in total. The number of benzene rings is 2. The van der Waals surface area contributed by atoms with Gasteiger partial charge in [0.2, 0.25) is 10.0 Å². The second-order valence-electron chi connectivity index (χ2n) is 6.12. The van der Waals surface area contributed by atoms with Gasteiger partial charge in [0.1, 0.15) is 5.75 Å². The summed E-state index contributed by atoms with van der Waals surface area (Å²) in [5, 5.41) is 2.92. The predicted octanol–water partition coefficient (Wildman–Crippen LogP) is 3.35. The molecule has 0 unspecified atom stereocenters. The van der Waals surface area contributed by atoms with E-state index in [-0.39, 0.29) is 18.9 Å². The van der Waals surface area contributed by atoms with Crippen molar-refractivity contribution >= 4 is 39.1 Å². The van der Waals surface area contributed by atoms with Crippen LogP contribution in [-0.4, -0.2) is 39.0 Å². The average Bonchev–Trinajstić information content (AvgIpc) is 2.83. The Hall–Kier alpha value is -2.19. The summed E-state index contributed by atoms with van der Waals surface area (Å²) in [5.41, 5.74) is 1.19. The van der Waals surface area contributed by atoms with Gasteiger partial charge in [-0.05, 0) is 30.0 Å². The molecule has 0 radical (unpaired) electrons. The molecule has 0 fully saturated rings. The molecular formula is C19H22N2O4S2. The second-order valence-corrected chi connectivity index (χ2v) is 9.33. The van der Waals surface area contributed by atoms with Crippen LogP contribution in [0.1, 0.15) is 13.3 Å². The Labute approximate surface area is 164 Å². The number of thioether (sulfide) groups is 1. The third-order valence-corrected chi connectivity index (χ3v) is 6.27. The third kappa shape index (κ3) is 4.56. The molecule has 0 aliphatic carbocycles. The normalized spacial score (nSPS) is 16.8. The molecule has 0 spiro atoms. The number of carbonyl (C=O) groups is 1. The summed E-state index contributed by atoms with van der Waals surface area (Å²) in [6.07, 6.45) is 0.636. The number of nitrogens with one attached hydrogen (secondary N) is 1. The van der Waals surface area contributed by atoms with Crippen molar-refractivity contribution in [2.24, 2.45) is 0 Å². The number of ether oxygens (including phenoxy) is 1. The molecule has 2 aromatic carbocycles. The number of hydrogen-bond acceptors (Lipinski definition) is 5. The van der Waals surface area contributed by atoms with E-state index in [9.17, 15) is 13.2 Å². The van der Waals surface area contributed by atoms with Gasteiger partial charge < -0.3 is 10.1 Å². The number of sulfonamides is 1. The van der Waals surface area contributed by atoms with Gasteiger partial charge in [-0.15, -0.1) is 11.8 Å². The monoisotopic (exact) mass is 406 g/mol. The lowest BCUT2D eigenvalue weighted by Gasteiger charge is -2.20. The van der Waals surface area contributed by atoms with Crippen LogP contribution in [0, 0.1) is 0 Å². The Balaban J connectivity index is 1.84. The van der Waals surface area contributed by atoms with Crippen LogP contribution in [0.2, 0.25) is 0 Å². The van der Waals surface area contributed by atoms with Gasteiger partial charge in [-0.2, -0.15) is 0 Å². The molecule has 0 saturated heterocycles. The number of hydrogen-bond donors (Lipinski definition) is 1. The Kier molecular flexibility index (Phi) is 5.96. The lowest BCUT2D eigenvalue weighted by molar-refractivity contribution is -0.122. The standard InChI is InChI=1S/C19H22N2O4S2/c1-3-26-18-11-7-4-8-14(18)20-19(22)17-12-13-21(27(2,23)24)15-9-5-6-10-16(15)25-17/h4-11,17H,3,12-13H2,1-2H3,(H,20,22)/t17-/m0/s1. The summed E-state index contributed by atoms with van der Waals surface area (Å²) < 4.78 is 31.5. The zero-order valence-corrected chi connectivity index (χ0v) is 16.8. The average molecular weight is 407 g/mol. The number of amides is 1. The van der Waals surface area contributed by atoms with Gasteiger partial charge >= 0.3 is 0 Å². The van der Waals surface area contributed by atoms with E-state index in [1.807, 2.05) is 31.2 Å². The quantitative estimate of drug-likeness (QED) is 0.771. The van der Waals surface area contributed by atoms with Gasteiger partial charge in [0.05, 0.1) is 17.6 Å². The van der Waals surface area contributed by atoms with E-state index in [0.717, 1.165) is 22.6 Å². The highest BCUT2D eigenvalue weighted by molar-refractivity contribution is 7.99. The first-order chi connectivity index (χ1) is 12.9. The van der Waals surface area contributed by atoms with Gasteiger partial charge in [0, 0.05) is 17.9 Å². The molecule has 0 bridgehead atoms. The fourth-order valence-corrected chi connectivity index (χ4v) is 4.63. The minimum atomic E-state index is -3.47. The van der Waals surface area contributed by atoms with Crippen LogP contribution in [0.25, 0.3) is 0 Å². The van der Waals surface area contributed by atoms with Crippen molar-refractivity contribution in [3.63, 3.8) is 0 Å². The summed E-state index contributed by atoms with van der Waals surface area (Å²) in [5.74, 6) is 0.991. The topological polar surface area (TPSA) is 75.7 Å². The molecule has 1 atom stereocenters. The molecule has 27 heavy (non-hydrogen) atoms. The van der Waals surface area contributed by atoms with Crippen molar-refractivity contribution in [2.75, 3.05) is 28.2 Å². The SMILES string of the molecule is CCSc1ccccc1NC(=O)[C@@H]1CCN(S(C)(=O)=O)c2ccccc2O1. The maximum absolute atomic E-state index is 12.8. The van der Waals surface area contributed by atoms with Crippen molar-refractivity contribution in [3.8, 4) is 5.75 Å². The molecule has 8 heteroatoms. The van der Waals surface area contributed by atoms with E-state index in [4.69, 9.17) is 4.74 Å². The van der Waals surface area contributed by atoms with Crippen LogP contribution >= 0.6 is 11.8 Å². The molecular weight excluding hydrogens is 384 g/mol. The number of nitrogens with zero attached hydrogens (tertiary/aromatic N) is 1. The molecule has 1 heterocycles. The highest BCUT2D eigenvalue weighted by atomic mass is 32.2. The maximum Gasteiger partial charge on any atom is 0.265 e. The summed E-state index contributed by atoms with van der Waals surface area (Å²) in [7, 11) is -3.47. The third-order valence-electron chi connectivity index (χ3n) is 4.14. The highest BCUT2D eigenvalue weighted by Gasteiger charge is 2.31. The van der Waals surface area contributed by atoms with Crippen molar-refractivity contribution < 1.29 is 17.9 Å². The number of fused-ring (bicyclic) bond motifs is 1. The Morgan fingerprint density at radius 1 is 1.22 bits per heavy atom. The van der Waals surface area contributed by atoms with Crippen molar-refractivity contribution in [2.45, 2.75) is 24.3 Å². The summed E-state index contributed by atoms with van der Waals surface area (Å²) in [4.78, 5) is 13.8. The second kappa shape index (κ2) is 8.22. The van der Waals surface area contributed by atoms with Crippen LogP contribution < -0.4 is 14.4 Å². The van der Waals surface area contributed by atoms with Crippen LogP contribution in [0.4, 0.5) is 11.4 Å². The zero-order chi connectivity index (χ0) is 19.4. The highest BCUT2D eigenvalue weighted by Crippen LogP contribution is 2.34. The minimum absolute atomic E-state index is 0.180. The van der Waals surface area contributed by atoms with E-state index >= 15 is 0 Å². The van der Waals surface area contributed by atoms with Crippen molar-refractivity contribution in [1.29, 1.82) is 0 Å². The van der Waals surface area contributed by atoms with Gasteiger partial charge in [-0.1, -0.05) is 31.2 Å². The molecule has 1 aliphatic rings. The zero-order valence-electron chi connectivity index (χ0n) is 15.2. The first-order valence-electron chi connectivity index (χ1n) is 8.66. The molecule has 0 saturated carbocycles. The van der Waals surface area contributed by atoms with Gasteiger partial charge in [0.15, 0.2) is 6.10 Å². The molecule has 144 valence electrons.